The van der Waals surface area contributed by atoms with Crippen LogP contribution >= 0.6 is 0 Å². The van der Waals surface area contributed by atoms with Crippen molar-refractivity contribution in [2.45, 2.75) is 12.8 Å². The predicted octanol–water partition coefficient (Wildman–Crippen LogP) is 1.02. The molecule has 2 heterocycles. The number of ether oxygens (including phenoxy) is 2. The highest BCUT2D eigenvalue weighted by Crippen LogP contribution is 2.08. The van der Waals surface area contributed by atoms with E-state index in [1.54, 1.807) is 0 Å². The van der Waals surface area contributed by atoms with E-state index in [1.807, 2.05) is 0 Å². The van der Waals surface area contributed by atoms with Crippen LogP contribution in [0.1, 0.15) is 12.8 Å². The summed E-state index contributed by atoms with van der Waals surface area (Å²) in [4.78, 5) is 21.0. The van der Waals surface area contributed by atoms with Gasteiger partial charge in [0.05, 0.1) is 13.2 Å². The molecule has 18 heavy (non-hydrogen) atoms. The summed E-state index contributed by atoms with van der Waals surface area (Å²) in [6.45, 7) is 0.697. The second kappa shape index (κ2) is 5.80. The minimum atomic E-state index is -0.802. The van der Waals surface area contributed by atoms with Gasteiger partial charge in [0, 0.05) is 0 Å². The van der Waals surface area contributed by atoms with Crippen molar-refractivity contribution >= 4 is 0 Å². The second-order valence-electron chi connectivity index (χ2n) is 3.22. The van der Waals surface area contributed by atoms with Gasteiger partial charge in [0.25, 0.3) is 0 Å². The van der Waals surface area contributed by atoms with Crippen molar-refractivity contribution in [3.63, 3.8) is 0 Å². The van der Waals surface area contributed by atoms with Crippen molar-refractivity contribution in [3.8, 4) is 11.9 Å². The third-order valence-electron chi connectivity index (χ3n) is 1.90. The molecule has 2 aromatic rings. The van der Waals surface area contributed by atoms with Gasteiger partial charge in [-0.3, -0.25) is 0 Å². The first-order valence-corrected chi connectivity index (χ1v) is 5.17. The third-order valence-corrected chi connectivity index (χ3v) is 1.90. The van der Waals surface area contributed by atoms with E-state index >= 15 is 0 Å². The quantitative estimate of drug-likeness (QED) is 0.677. The van der Waals surface area contributed by atoms with Gasteiger partial charge in [0.15, 0.2) is 12.5 Å². The summed E-state index contributed by atoms with van der Waals surface area (Å²) in [5, 5.41) is 0. The summed E-state index contributed by atoms with van der Waals surface area (Å²) in [6.07, 6.45) is 3.52. The molecule has 0 aliphatic rings. The Labute approximate surface area is 99.7 Å². The first-order valence-electron chi connectivity index (χ1n) is 5.17. The van der Waals surface area contributed by atoms with Gasteiger partial charge in [0.2, 0.25) is 0 Å². The summed E-state index contributed by atoms with van der Waals surface area (Å²) in [5.41, 5.74) is 0. The zero-order chi connectivity index (χ0) is 12.8. The van der Waals surface area contributed by atoms with Crippen molar-refractivity contribution < 1.29 is 27.1 Å². The topological polar surface area (TPSA) is 105 Å². The van der Waals surface area contributed by atoms with Crippen molar-refractivity contribution in [3.05, 3.63) is 33.8 Å². The Balaban J connectivity index is 1.56. The van der Waals surface area contributed by atoms with Crippen molar-refractivity contribution in [2.24, 2.45) is 0 Å². The molecular formula is C10H10O8. The summed E-state index contributed by atoms with van der Waals surface area (Å²) in [6, 6.07) is 0. The van der Waals surface area contributed by atoms with Crippen LogP contribution in [-0.2, 0) is 0 Å². The van der Waals surface area contributed by atoms with Gasteiger partial charge in [-0.25, -0.2) is 9.59 Å². The molecule has 8 nitrogen and oxygen atoms in total. The lowest BCUT2D eigenvalue weighted by Crippen LogP contribution is -2.02. The number of hydrogen-bond donors (Lipinski definition) is 0. The molecule has 0 N–H and O–H groups in total. The largest absolute Gasteiger partial charge is 0.521 e. The second-order valence-corrected chi connectivity index (χ2v) is 3.22. The third kappa shape index (κ3) is 3.58. The minimum Gasteiger partial charge on any atom is -0.463 e. The first-order chi connectivity index (χ1) is 8.74. The molecule has 0 atom stereocenters. The molecular weight excluding hydrogens is 248 g/mol. The van der Waals surface area contributed by atoms with Crippen LogP contribution in [-0.4, -0.2) is 13.2 Å². The van der Waals surface area contributed by atoms with Crippen molar-refractivity contribution in [2.75, 3.05) is 13.2 Å². The monoisotopic (exact) mass is 258 g/mol. The van der Waals surface area contributed by atoms with Crippen LogP contribution in [0, 0.1) is 0 Å². The van der Waals surface area contributed by atoms with Crippen molar-refractivity contribution in [1.29, 1.82) is 0 Å². The molecule has 0 aromatic carbocycles. The SMILES string of the molecule is O=c1occ(OCCCCOc2coc(=O)o2)o1. The van der Waals surface area contributed by atoms with E-state index in [0.717, 1.165) is 12.5 Å². The molecule has 0 amide bonds. The molecule has 0 saturated heterocycles. The summed E-state index contributed by atoms with van der Waals surface area (Å²) >= 11 is 0. The van der Waals surface area contributed by atoms with Crippen LogP contribution in [0.4, 0.5) is 0 Å². The number of rotatable bonds is 7. The van der Waals surface area contributed by atoms with Crippen LogP contribution < -0.4 is 21.1 Å². The smallest absolute Gasteiger partial charge is 0.463 e. The molecule has 0 aliphatic heterocycles. The molecule has 0 radical (unpaired) electrons. The molecule has 98 valence electrons. The molecule has 2 aromatic heterocycles. The Kier molecular flexibility index (Phi) is 3.90. The molecule has 8 heteroatoms. The van der Waals surface area contributed by atoms with Gasteiger partial charge in [0.1, 0.15) is 0 Å². The molecule has 0 saturated carbocycles. The maximum Gasteiger partial charge on any atom is 0.521 e. The van der Waals surface area contributed by atoms with Crippen LogP contribution in [0.15, 0.2) is 39.8 Å². The average molecular weight is 258 g/mol. The van der Waals surface area contributed by atoms with Gasteiger partial charge in [-0.05, 0) is 12.8 Å². The van der Waals surface area contributed by atoms with E-state index in [9.17, 15) is 9.59 Å². The fourth-order valence-electron chi connectivity index (χ4n) is 1.13. The Hall–Kier alpha value is -2.38. The number of hydrogen-bond acceptors (Lipinski definition) is 8. The molecule has 2 rings (SSSR count). The average Bonchev–Trinajstić information content (AvgIpc) is 2.93. The standard InChI is InChI=1S/C10H10O8/c11-9-15-5-7(17-9)13-3-1-2-4-14-8-6-16-10(12)18-8/h5-6H,1-4H2. The molecule has 0 fully saturated rings. The van der Waals surface area contributed by atoms with Crippen LogP contribution in [0.25, 0.3) is 0 Å². The normalized spacial score (nSPS) is 10.4. The molecule has 0 spiro atoms. The van der Waals surface area contributed by atoms with E-state index in [4.69, 9.17) is 9.47 Å². The minimum absolute atomic E-state index is 0.0433. The van der Waals surface area contributed by atoms with Crippen LogP contribution in [0.5, 0.6) is 11.9 Å². The van der Waals surface area contributed by atoms with E-state index in [-0.39, 0.29) is 11.9 Å². The predicted molar refractivity (Wildman–Crippen MR) is 54.7 cm³/mol. The summed E-state index contributed by atoms with van der Waals surface area (Å²) in [7, 11) is 0. The Bertz CT molecular complexity index is 518. The fourth-order valence-corrected chi connectivity index (χ4v) is 1.13. The Morgan fingerprint density at radius 3 is 1.61 bits per heavy atom. The van der Waals surface area contributed by atoms with Crippen molar-refractivity contribution in [1.82, 2.24) is 0 Å². The van der Waals surface area contributed by atoms with Gasteiger partial charge < -0.3 is 27.1 Å². The highest BCUT2D eigenvalue weighted by molar-refractivity contribution is 4.92. The van der Waals surface area contributed by atoms with Gasteiger partial charge in [-0.15, -0.1) is 0 Å². The highest BCUT2D eigenvalue weighted by atomic mass is 16.7. The lowest BCUT2D eigenvalue weighted by molar-refractivity contribution is 0.201. The number of unbranched alkanes of at least 4 members (excludes halogenated alkanes) is 1. The zero-order valence-electron chi connectivity index (χ0n) is 9.25. The van der Waals surface area contributed by atoms with E-state index in [0.29, 0.717) is 26.1 Å². The molecule has 0 bridgehead atoms. The molecule has 0 aliphatic carbocycles. The molecule has 0 unspecified atom stereocenters. The highest BCUT2D eigenvalue weighted by Gasteiger charge is 2.03. The van der Waals surface area contributed by atoms with E-state index < -0.39 is 11.6 Å². The maximum absolute atomic E-state index is 10.5. The Morgan fingerprint density at radius 2 is 1.28 bits per heavy atom. The maximum atomic E-state index is 10.5. The van der Waals surface area contributed by atoms with Crippen LogP contribution in [0.3, 0.4) is 0 Å². The van der Waals surface area contributed by atoms with E-state index in [1.165, 1.54) is 0 Å². The summed E-state index contributed by atoms with van der Waals surface area (Å²) < 4.78 is 28.0. The van der Waals surface area contributed by atoms with E-state index in [2.05, 4.69) is 17.7 Å². The van der Waals surface area contributed by atoms with Crippen LogP contribution in [0.2, 0.25) is 0 Å². The first kappa shape index (κ1) is 12.1. The lowest BCUT2D eigenvalue weighted by atomic mass is 10.3. The van der Waals surface area contributed by atoms with Gasteiger partial charge in [-0.1, -0.05) is 0 Å². The lowest BCUT2D eigenvalue weighted by Gasteiger charge is -2.02. The zero-order valence-corrected chi connectivity index (χ0v) is 9.25. The van der Waals surface area contributed by atoms with Gasteiger partial charge in [-0.2, -0.15) is 0 Å². The van der Waals surface area contributed by atoms with Gasteiger partial charge >= 0.3 is 23.5 Å². The Morgan fingerprint density at radius 1 is 0.833 bits per heavy atom. The summed E-state index contributed by atoms with van der Waals surface area (Å²) in [5.74, 6) is -1.52. The fraction of sp³-hybridized carbons (Fsp3) is 0.400.